The molecule has 3 N–H and O–H groups in total. The van der Waals surface area contributed by atoms with Crippen LogP contribution in [0.5, 0.6) is 0 Å². The van der Waals surface area contributed by atoms with E-state index in [1.54, 1.807) is 0 Å². The number of primary amides is 1. The Bertz CT molecular complexity index is 791. The second-order valence-corrected chi connectivity index (χ2v) is 6.56. The van der Waals surface area contributed by atoms with Crippen molar-refractivity contribution in [3.8, 4) is 0 Å². The van der Waals surface area contributed by atoms with Crippen LogP contribution >= 0.6 is 0 Å². The maximum absolute atomic E-state index is 11.4. The predicted molar refractivity (Wildman–Crippen MR) is 96.5 cm³/mol. The first-order chi connectivity index (χ1) is 12.0. The maximum Gasteiger partial charge on any atom is 0.286 e. The molecule has 1 amide bonds. The van der Waals surface area contributed by atoms with Gasteiger partial charge >= 0.3 is 0 Å². The van der Waals surface area contributed by atoms with Crippen LogP contribution in [-0.4, -0.2) is 40.0 Å². The molecule has 1 saturated heterocycles. The van der Waals surface area contributed by atoms with Gasteiger partial charge in [0.25, 0.3) is 5.91 Å². The normalized spacial score (nSPS) is 17.1. The third kappa shape index (κ3) is 3.76. The van der Waals surface area contributed by atoms with Gasteiger partial charge < -0.3 is 16.0 Å². The zero-order chi connectivity index (χ0) is 18.0. The first-order valence-corrected chi connectivity index (χ1v) is 8.48. The lowest BCUT2D eigenvalue weighted by molar-refractivity contribution is 0.0990. The monoisotopic (exact) mass is 340 g/mol. The van der Waals surface area contributed by atoms with Gasteiger partial charge in [0.15, 0.2) is 0 Å². The highest BCUT2D eigenvalue weighted by molar-refractivity contribution is 5.89. The molecular weight excluding hydrogens is 316 g/mol. The van der Waals surface area contributed by atoms with Crippen molar-refractivity contribution in [2.75, 3.05) is 18.0 Å². The van der Waals surface area contributed by atoms with Crippen molar-refractivity contribution in [2.45, 2.75) is 39.8 Å². The van der Waals surface area contributed by atoms with Crippen molar-refractivity contribution in [1.82, 2.24) is 20.3 Å². The summed E-state index contributed by atoms with van der Waals surface area (Å²) in [5.74, 6) is 0.305. The van der Waals surface area contributed by atoms with Crippen molar-refractivity contribution in [3.05, 3.63) is 46.7 Å². The fourth-order valence-corrected chi connectivity index (χ4v) is 3.11. The number of anilines is 1. The highest BCUT2D eigenvalue weighted by Crippen LogP contribution is 2.24. The average molecular weight is 340 g/mol. The molecule has 132 valence electrons. The molecule has 3 rings (SSSR count). The van der Waals surface area contributed by atoms with Crippen LogP contribution in [0.3, 0.4) is 0 Å². The number of nitrogens with zero attached hydrogens (tertiary/aromatic N) is 4. The van der Waals surface area contributed by atoms with E-state index in [2.05, 4.69) is 32.1 Å². The Labute approximate surface area is 147 Å². The van der Waals surface area contributed by atoms with Crippen LogP contribution in [0.1, 0.15) is 39.4 Å². The number of amides is 1. The van der Waals surface area contributed by atoms with Crippen LogP contribution in [-0.2, 0) is 6.54 Å². The maximum atomic E-state index is 11.4. The standard InChI is InChI=1S/C18H24N6O/c1-11-8-20-6-4-14(11)9-21-15-5-7-24(10-15)18-12(2)13(3)22-17(23-18)16(19)25/h4,6,8,15,21H,5,7,9-10H2,1-3H3,(H2,19,25)/t15-/m1/s1. The molecule has 2 aromatic heterocycles. The molecule has 0 unspecified atom stereocenters. The molecule has 1 fully saturated rings. The molecule has 25 heavy (non-hydrogen) atoms. The van der Waals surface area contributed by atoms with E-state index in [1.807, 2.05) is 32.3 Å². The smallest absolute Gasteiger partial charge is 0.286 e. The van der Waals surface area contributed by atoms with E-state index in [0.717, 1.165) is 43.1 Å². The molecule has 3 heterocycles. The SMILES string of the molecule is Cc1cnccc1CN[C@@H]1CCN(c2nc(C(N)=O)nc(C)c2C)C1. The number of carbonyl (C=O) groups excluding carboxylic acids is 1. The lowest BCUT2D eigenvalue weighted by Crippen LogP contribution is -2.33. The van der Waals surface area contributed by atoms with E-state index in [1.165, 1.54) is 11.1 Å². The van der Waals surface area contributed by atoms with Crippen molar-refractivity contribution < 1.29 is 4.79 Å². The van der Waals surface area contributed by atoms with E-state index < -0.39 is 5.91 Å². The summed E-state index contributed by atoms with van der Waals surface area (Å²) in [6.07, 6.45) is 4.73. The van der Waals surface area contributed by atoms with Gasteiger partial charge in [0.05, 0.1) is 0 Å². The molecule has 1 aliphatic rings. The largest absolute Gasteiger partial charge is 0.363 e. The number of nitrogens with two attached hydrogens (primary N) is 1. The Morgan fingerprint density at radius 3 is 2.88 bits per heavy atom. The van der Waals surface area contributed by atoms with Crippen LogP contribution in [0.15, 0.2) is 18.5 Å². The summed E-state index contributed by atoms with van der Waals surface area (Å²) in [4.78, 5) is 26.3. The Morgan fingerprint density at radius 2 is 2.16 bits per heavy atom. The third-order valence-electron chi connectivity index (χ3n) is 4.79. The van der Waals surface area contributed by atoms with Crippen molar-refractivity contribution in [1.29, 1.82) is 0 Å². The molecule has 7 heteroatoms. The van der Waals surface area contributed by atoms with E-state index in [-0.39, 0.29) is 5.82 Å². The fourth-order valence-electron chi connectivity index (χ4n) is 3.11. The molecule has 0 radical (unpaired) electrons. The van der Waals surface area contributed by atoms with Crippen molar-refractivity contribution in [2.24, 2.45) is 5.73 Å². The molecule has 0 saturated carbocycles. The summed E-state index contributed by atoms with van der Waals surface area (Å²) >= 11 is 0. The molecule has 0 bridgehead atoms. The lowest BCUT2D eigenvalue weighted by Gasteiger charge is -2.21. The van der Waals surface area contributed by atoms with Crippen LogP contribution in [0.2, 0.25) is 0 Å². The Balaban J connectivity index is 1.69. The van der Waals surface area contributed by atoms with E-state index >= 15 is 0 Å². The zero-order valence-electron chi connectivity index (χ0n) is 14.9. The highest BCUT2D eigenvalue weighted by Gasteiger charge is 2.26. The van der Waals surface area contributed by atoms with Crippen LogP contribution in [0.4, 0.5) is 5.82 Å². The minimum absolute atomic E-state index is 0.0851. The summed E-state index contributed by atoms with van der Waals surface area (Å²) < 4.78 is 0. The quantitative estimate of drug-likeness (QED) is 0.851. The molecule has 7 nitrogen and oxygen atoms in total. The Morgan fingerprint density at radius 1 is 1.36 bits per heavy atom. The van der Waals surface area contributed by atoms with Crippen LogP contribution < -0.4 is 16.0 Å². The zero-order valence-corrected chi connectivity index (χ0v) is 14.9. The number of hydrogen-bond donors (Lipinski definition) is 2. The summed E-state index contributed by atoms with van der Waals surface area (Å²) in [5.41, 5.74) is 9.60. The summed E-state index contributed by atoms with van der Waals surface area (Å²) in [5, 5.41) is 3.61. The van der Waals surface area contributed by atoms with Gasteiger partial charge in [-0.25, -0.2) is 9.97 Å². The average Bonchev–Trinajstić information content (AvgIpc) is 3.05. The van der Waals surface area contributed by atoms with Gasteiger partial charge in [-0.15, -0.1) is 0 Å². The summed E-state index contributed by atoms with van der Waals surface area (Å²) in [6, 6.07) is 2.42. The number of pyridine rings is 1. The molecule has 2 aromatic rings. The first-order valence-electron chi connectivity index (χ1n) is 8.48. The molecule has 1 aliphatic heterocycles. The van der Waals surface area contributed by atoms with Crippen molar-refractivity contribution >= 4 is 11.7 Å². The lowest BCUT2D eigenvalue weighted by atomic mass is 10.1. The second-order valence-electron chi connectivity index (χ2n) is 6.56. The van der Waals surface area contributed by atoms with Crippen molar-refractivity contribution in [3.63, 3.8) is 0 Å². The number of aromatic nitrogens is 3. The highest BCUT2D eigenvalue weighted by atomic mass is 16.1. The number of hydrogen-bond acceptors (Lipinski definition) is 6. The minimum Gasteiger partial charge on any atom is -0.363 e. The van der Waals surface area contributed by atoms with Gasteiger partial charge in [-0.1, -0.05) is 0 Å². The van der Waals surface area contributed by atoms with E-state index in [4.69, 9.17) is 5.73 Å². The van der Waals surface area contributed by atoms with Crippen LogP contribution in [0, 0.1) is 20.8 Å². The van der Waals surface area contributed by atoms with Gasteiger partial charge in [-0.05, 0) is 44.4 Å². The number of rotatable bonds is 5. The molecule has 0 aromatic carbocycles. The van der Waals surface area contributed by atoms with Gasteiger partial charge in [0, 0.05) is 49.3 Å². The minimum atomic E-state index is -0.591. The predicted octanol–water partition coefficient (Wildman–Crippen LogP) is 1.26. The molecule has 0 aliphatic carbocycles. The Kier molecular flexibility index (Phi) is 4.94. The number of carbonyl (C=O) groups is 1. The second kappa shape index (κ2) is 7.14. The molecule has 1 atom stereocenters. The summed E-state index contributed by atoms with van der Waals surface area (Å²) in [6.45, 7) is 8.49. The number of aryl methyl sites for hydroxylation is 2. The fraction of sp³-hybridized carbons (Fsp3) is 0.444. The van der Waals surface area contributed by atoms with Gasteiger partial charge in [-0.2, -0.15) is 0 Å². The molecular formula is C18H24N6O. The Hall–Kier alpha value is -2.54. The van der Waals surface area contributed by atoms with Crippen LogP contribution in [0.25, 0.3) is 0 Å². The van der Waals surface area contributed by atoms with Gasteiger partial charge in [0.2, 0.25) is 5.82 Å². The first kappa shape index (κ1) is 17.3. The summed E-state index contributed by atoms with van der Waals surface area (Å²) in [7, 11) is 0. The van der Waals surface area contributed by atoms with Gasteiger partial charge in [-0.3, -0.25) is 9.78 Å². The number of nitrogens with one attached hydrogen (secondary N) is 1. The van der Waals surface area contributed by atoms with E-state index in [0.29, 0.717) is 6.04 Å². The molecule has 0 spiro atoms. The third-order valence-corrected chi connectivity index (χ3v) is 4.79. The van der Waals surface area contributed by atoms with E-state index in [9.17, 15) is 4.79 Å². The van der Waals surface area contributed by atoms with Gasteiger partial charge in [0.1, 0.15) is 5.82 Å². The topological polar surface area (TPSA) is 97.0 Å².